The van der Waals surface area contributed by atoms with Crippen LogP contribution in [-0.2, 0) is 6.54 Å². The molecule has 0 radical (unpaired) electrons. The van der Waals surface area contributed by atoms with Crippen molar-refractivity contribution < 1.29 is 14.2 Å². The second-order valence-electron chi connectivity index (χ2n) is 7.53. The van der Waals surface area contributed by atoms with Gasteiger partial charge in [-0.2, -0.15) is 0 Å². The normalized spacial score (nSPS) is 17.1. The number of nitrogens with one attached hydrogen (secondary N) is 2. The fourth-order valence-electron chi connectivity index (χ4n) is 3.99. The lowest BCUT2D eigenvalue weighted by molar-refractivity contribution is 0.174. The predicted molar refractivity (Wildman–Crippen MR) is 117 cm³/mol. The fraction of sp³-hybridized carbons (Fsp3) is 0.435. The quantitative estimate of drug-likeness (QED) is 0.540. The van der Waals surface area contributed by atoms with Crippen molar-refractivity contribution in [3.8, 4) is 17.2 Å². The van der Waals surface area contributed by atoms with E-state index in [0.29, 0.717) is 19.4 Å². The third kappa shape index (κ3) is 4.79. The summed E-state index contributed by atoms with van der Waals surface area (Å²) in [5.41, 5.74) is 2.41. The second-order valence-corrected chi connectivity index (χ2v) is 7.53. The molecule has 2 aliphatic rings. The van der Waals surface area contributed by atoms with Gasteiger partial charge in [0.25, 0.3) is 0 Å². The Kier molecular flexibility index (Phi) is 6.59. The molecule has 2 heterocycles. The molecule has 2 aliphatic heterocycles. The van der Waals surface area contributed by atoms with Crippen LogP contribution in [0.2, 0.25) is 0 Å². The zero-order chi connectivity index (χ0) is 20.8. The first kappa shape index (κ1) is 20.3. The van der Waals surface area contributed by atoms with Crippen LogP contribution in [0.1, 0.15) is 30.0 Å². The number of nitrogens with zero attached hydrogens (tertiary/aromatic N) is 2. The first-order chi connectivity index (χ1) is 14.8. The van der Waals surface area contributed by atoms with Crippen LogP contribution in [-0.4, -0.2) is 51.4 Å². The molecule has 2 aromatic carbocycles. The number of hydrogen-bond donors (Lipinski definition) is 2. The van der Waals surface area contributed by atoms with Crippen LogP contribution >= 0.6 is 0 Å². The van der Waals surface area contributed by atoms with E-state index < -0.39 is 0 Å². The molecule has 2 N–H and O–H groups in total. The molecule has 1 atom stereocenters. The summed E-state index contributed by atoms with van der Waals surface area (Å²) >= 11 is 0. The molecular formula is C23H30N4O3. The molecule has 2 aromatic rings. The van der Waals surface area contributed by atoms with E-state index in [2.05, 4.69) is 32.7 Å². The molecule has 0 spiro atoms. The summed E-state index contributed by atoms with van der Waals surface area (Å²) in [6.07, 6.45) is 2.51. The van der Waals surface area contributed by atoms with Crippen molar-refractivity contribution >= 4 is 5.96 Å². The summed E-state index contributed by atoms with van der Waals surface area (Å²) in [6.45, 7) is 3.99. The van der Waals surface area contributed by atoms with Gasteiger partial charge in [0.1, 0.15) is 5.75 Å². The number of aliphatic imine (C=N–C) groups is 1. The Balaban J connectivity index is 1.37. The summed E-state index contributed by atoms with van der Waals surface area (Å²) in [5, 5.41) is 6.90. The minimum atomic E-state index is 0.290. The van der Waals surface area contributed by atoms with Gasteiger partial charge in [-0.05, 0) is 61.3 Å². The van der Waals surface area contributed by atoms with Gasteiger partial charge in [0.05, 0.1) is 13.2 Å². The summed E-state index contributed by atoms with van der Waals surface area (Å²) < 4.78 is 16.2. The van der Waals surface area contributed by atoms with Crippen molar-refractivity contribution in [1.82, 2.24) is 15.5 Å². The zero-order valence-electron chi connectivity index (χ0n) is 17.7. The molecule has 30 heavy (non-hydrogen) atoms. The molecule has 1 fully saturated rings. The second kappa shape index (κ2) is 9.71. The zero-order valence-corrected chi connectivity index (χ0v) is 17.7. The predicted octanol–water partition coefficient (Wildman–Crippen LogP) is 2.93. The lowest BCUT2D eigenvalue weighted by Gasteiger charge is -2.29. The van der Waals surface area contributed by atoms with Crippen molar-refractivity contribution in [3.63, 3.8) is 0 Å². The number of benzene rings is 2. The van der Waals surface area contributed by atoms with Crippen LogP contribution in [0.5, 0.6) is 17.2 Å². The Morgan fingerprint density at radius 3 is 2.57 bits per heavy atom. The van der Waals surface area contributed by atoms with E-state index in [1.54, 1.807) is 14.2 Å². The van der Waals surface area contributed by atoms with Gasteiger partial charge in [0, 0.05) is 20.1 Å². The number of rotatable bonds is 7. The van der Waals surface area contributed by atoms with Crippen LogP contribution in [0.4, 0.5) is 0 Å². The Bertz CT molecular complexity index is 863. The van der Waals surface area contributed by atoms with Gasteiger partial charge in [-0.3, -0.25) is 9.89 Å². The van der Waals surface area contributed by atoms with Crippen molar-refractivity contribution in [2.75, 3.05) is 40.6 Å². The van der Waals surface area contributed by atoms with E-state index in [4.69, 9.17) is 14.2 Å². The summed E-state index contributed by atoms with van der Waals surface area (Å²) in [7, 11) is 3.50. The summed E-state index contributed by atoms with van der Waals surface area (Å²) in [6, 6.07) is 14.7. The van der Waals surface area contributed by atoms with E-state index in [0.717, 1.165) is 48.4 Å². The Labute approximate surface area is 178 Å². The molecule has 1 unspecified atom stereocenters. The molecule has 1 saturated heterocycles. The highest BCUT2D eigenvalue weighted by Gasteiger charge is 2.23. The molecular weight excluding hydrogens is 380 g/mol. The average molecular weight is 411 g/mol. The van der Waals surface area contributed by atoms with Crippen LogP contribution < -0.4 is 24.8 Å². The van der Waals surface area contributed by atoms with Gasteiger partial charge < -0.3 is 24.8 Å². The molecule has 160 valence electrons. The topological polar surface area (TPSA) is 67.4 Å². The SMILES string of the molecule is CN=C(NCc1ccc2c(c1)OCO2)NCC(c1ccc(OC)cc1)N1CCCC1. The van der Waals surface area contributed by atoms with Crippen LogP contribution in [0.25, 0.3) is 0 Å². The van der Waals surface area contributed by atoms with Gasteiger partial charge in [-0.15, -0.1) is 0 Å². The van der Waals surface area contributed by atoms with E-state index in [1.165, 1.54) is 18.4 Å². The number of guanidine groups is 1. The van der Waals surface area contributed by atoms with Crippen molar-refractivity contribution in [3.05, 3.63) is 53.6 Å². The highest BCUT2D eigenvalue weighted by Crippen LogP contribution is 2.32. The maximum Gasteiger partial charge on any atom is 0.231 e. The van der Waals surface area contributed by atoms with Gasteiger partial charge in [0.2, 0.25) is 6.79 Å². The Morgan fingerprint density at radius 1 is 1.07 bits per heavy atom. The number of methoxy groups -OCH3 is 1. The maximum atomic E-state index is 5.46. The van der Waals surface area contributed by atoms with Crippen LogP contribution in [0, 0.1) is 0 Å². The average Bonchev–Trinajstić information content (AvgIpc) is 3.48. The summed E-state index contributed by atoms with van der Waals surface area (Å²) in [4.78, 5) is 6.94. The Hall–Kier alpha value is -2.93. The smallest absolute Gasteiger partial charge is 0.231 e. The number of ether oxygens (including phenoxy) is 3. The molecule has 7 nitrogen and oxygen atoms in total. The molecule has 7 heteroatoms. The van der Waals surface area contributed by atoms with E-state index in [9.17, 15) is 0 Å². The molecule has 0 aliphatic carbocycles. The van der Waals surface area contributed by atoms with E-state index in [1.807, 2.05) is 30.3 Å². The number of hydrogen-bond acceptors (Lipinski definition) is 5. The van der Waals surface area contributed by atoms with Gasteiger partial charge in [0.15, 0.2) is 17.5 Å². The van der Waals surface area contributed by atoms with Gasteiger partial charge >= 0.3 is 0 Å². The van der Waals surface area contributed by atoms with Crippen molar-refractivity contribution in [2.24, 2.45) is 4.99 Å². The lowest BCUT2D eigenvalue weighted by atomic mass is 10.1. The van der Waals surface area contributed by atoms with Crippen molar-refractivity contribution in [2.45, 2.75) is 25.4 Å². The minimum absolute atomic E-state index is 0.290. The Morgan fingerprint density at radius 2 is 1.83 bits per heavy atom. The summed E-state index contributed by atoms with van der Waals surface area (Å²) in [5.74, 6) is 3.26. The third-order valence-corrected chi connectivity index (χ3v) is 5.67. The minimum Gasteiger partial charge on any atom is -0.497 e. The highest BCUT2D eigenvalue weighted by atomic mass is 16.7. The molecule has 0 bridgehead atoms. The van der Waals surface area contributed by atoms with Crippen molar-refractivity contribution in [1.29, 1.82) is 0 Å². The first-order valence-electron chi connectivity index (χ1n) is 10.5. The fourth-order valence-corrected chi connectivity index (χ4v) is 3.99. The van der Waals surface area contributed by atoms with Gasteiger partial charge in [-0.1, -0.05) is 18.2 Å². The molecule has 0 aromatic heterocycles. The van der Waals surface area contributed by atoms with E-state index in [-0.39, 0.29) is 0 Å². The molecule has 0 amide bonds. The third-order valence-electron chi connectivity index (χ3n) is 5.67. The largest absolute Gasteiger partial charge is 0.497 e. The molecule has 4 rings (SSSR count). The van der Waals surface area contributed by atoms with Crippen LogP contribution in [0.15, 0.2) is 47.5 Å². The highest BCUT2D eigenvalue weighted by molar-refractivity contribution is 5.79. The molecule has 0 saturated carbocycles. The maximum absolute atomic E-state index is 5.46. The number of likely N-dealkylation sites (tertiary alicyclic amines) is 1. The van der Waals surface area contributed by atoms with E-state index >= 15 is 0 Å². The van der Waals surface area contributed by atoms with Crippen LogP contribution in [0.3, 0.4) is 0 Å². The first-order valence-corrected chi connectivity index (χ1v) is 10.5. The monoisotopic (exact) mass is 410 g/mol. The number of fused-ring (bicyclic) bond motifs is 1. The van der Waals surface area contributed by atoms with Gasteiger partial charge in [-0.25, -0.2) is 0 Å². The lowest BCUT2D eigenvalue weighted by Crippen LogP contribution is -2.42. The standard InChI is InChI=1S/C23H30N4O3/c1-24-23(25-14-17-5-10-21-22(13-17)30-16-29-21)26-15-20(27-11-3-4-12-27)18-6-8-19(28-2)9-7-18/h5-10,13,20H,3-4,11-12,14-16H2,1-2H3,(H2,24,25,26).